The second kappa shape index (κ2) is 5.90. The second-order valence-corrected chi connectivity index (χ2v) is 5.94. The third-order valence-electron chi connectivity index (χ3n) is 4.15. The van der Waals surface area contributed by atoms with Gasteiger partial charge in [-0.25, -0.2) is 4.98 Å². The van der Waals surface area contributed by atoms with Crippen LogP contribution in [0.15, 0.2) is 54.7 Å². The van der Waals surface area contributed by atoms with Crippen LogP contribution in [0.3, 0.4) is 0 Å². The Hall–Kier alpha value is -3.41. The van der Waals surface area contributed by atoms with Crippen LogP contribution in [0.1, 0.15) is 16.2 Å². The van der Waals surface area contributed by atoms with Crippen LogP contribution >= 0.6 is 0 Å². The Labute approximate surface area is 144 Å². The molecule has 0 aliphatic heterocycles. The van der Waals surface area contributed by atoms with Crippen molar-refractivity contribution in [2.75, 3.05) is 5.32 Å². The number of anilines is 1. The van der Waals surface area contributed by atoms with E-state index in [0.717, 1.165) is 22.3 Å². The lowest BCUT2D eigenvalue weighted by atomic mass is 10.1. The average molecular weight is 331 g/mol. The van der Waals surface area contributed by atoms with E-state index >= 15 is 0 Å². The molecule has 0 aliphatic carbocycles. The fourth-order valence-electron chi connectivity index (χ4n) is 2.91. The number of fused-ring (bicyclic) bond motifs is 1. The number of hydrogen-bond donors (Lipinski definition) is 2. The molecule has 4 rings (SSSR count). The molecule has 6 nitrogen and oxygen atoms in total. The first-order valence-electron chi connectivity index (χ1n) is 7.96. The first kappa shape index (κ1) is 15.1. The lowest BCUT2D eigenvalue weighted by Gasteiger charge is -2.08. The summed E-state index contributed by atoms with van der Waals surface area (Å²) in [5, 5.41) is 10.9. The maximum absolute atomic E-state index is 12.7. The molecule has 0 spiro atoms. The highest BCUT2D eigenvalue weighted by Crippen LogP contribution is 2.23. The molecule has 2 aromatic carbocycles. The number of carbonyl (C=O) groups excluding carboxylic acids is 1. The van der Waals surface area contributed by atoms with Gasteiger partial charge in [0.1, 0.15) is 5.82 Å². The van der Waals surface area contributed by atoms with E-state index in [1.807, 2.05) is 73.3 Å². The van der Waals surface area contributed by atoms with Crippen LogP contribution in [-0.2, 0) is 7.05 Å². The molecule has 0 saturated heterocycles. The predicted molar refractivity (Wildman–Crippen MR) is 97.4 cm³/mol. The molecule has 2 heterocycles. The zero-order valence-electron chi connectivity index (χ0n) is 13.9. The molecule has 0 saturated carbocycles. The molecule has 0 radical (unpaired) electrons. The van der Waals surface area contributed by atoms with Gasteiger partial charge in [0.2, 0.25) is 0 Å². The number of carbonyl (C=O) groups is 1. The van der Waals surface area contributed by atoms with Crippen LogP contribution < -0.4 is 5.32 Å². The average Bonchev–Trinajstić information content (AvgIpc) is 3.21. The standard InChI is InChI=1S/C19H17N5O/c1-12-20-18(23-22-12)13-5-3-6-14(11-13)21-19(25)16-7-4-8-17-15(16)9-10-24(17)2/h3-11H,1-2H3,(H,21,25)(H,20,22,23). The van der Waals surface area contributed by atoms with E-state index in [-0.39, 0.29) is 5.91 Å². The third kappa shape index (κ3) is 2.78. The predicted octanol–water partition coefficient (Wildman–Crippen LogP) is 3.52. The Morgan fingerprint density at radius 1 is 1.16 bits per heavy atom. The molecule has 0 unspecified atom stereocenters. The smallest absolute Gasteiger partial charge is 0.256 e. The second-order valence-electron chi connectivity index (χ2n) is 5.94. The van der Waals surface area contributed by atoms with Gasteiger partial charge in [0.25, 0.3) is 5.91 Å². The van der Waals surface area contributed by atoms with E-state index in [1.165, 1.54) is 0 Å². The Bertz CT molecular complexity index is 1080. The monoisotopic (exact) mass is 331 g/mol. The van der Waals surface area contributed by atoms with E-state index in [2.05, 4.69) is 20.5 Å². The van der Waals surface area contributed by atoms with Gasteiger partial charge in [-0.1, -0.05) is 18.2 Å². The van der Waals surface area contributed by atoms with Crippen LogP contribution in [0.4, 0.5) is 5.69 Å². The van der Waals surface area contributed by atoms with Crippen molar-refractivity contribution in [3.63, 3.8) is 0 Å². The summed E-state index contributed by atoms with van der Waals surface area (Å²) in [7, 11) is 1.96. The number of amides is 1. The number of nitrogens with zero attached hydrogens (tertiary/aromatic N) is 3. The van der Waals surface area contributed by atoms with Gasteiger partial charge in [0.15, 0.2) is 5.82 Å². The van der Waals surface area contributed by atoms with E-state index in [9.17, 15) is 4.79 Å². The van der Waals surface area contributed by atoms with Gasteiger partial charge in [-0.15, -0.1) is 0 Å². The van der Waals surface area contributed by atoms with Crippen molar-refractivity contribution >= 4 is 22.5 Å². The van der Waals surface area contributed by atoms with E-state index in [1.54, 1.807) is 0 Å². The lowest BCUT2D eigenvalue weighted by Crippen LogP contribution is -2.12. The molecular weight excluding hydrogens is 314 g/mol. The van der Waals surface area contributed by atoms with Crippen LogP contribution in [0.25, 0.3) is 22.3 Å². The molecule has 2 aromatic heterocycles. The highest BCUT2D eigenvalue weighted by molar-refractivity contribution is 6.12. The fourth-order valence-corrected chi connectivity index (χ4v) is 2.91. The summed E-state index contributed by atoms with van der Waals surface area (Å²) >= 11 is 0. The van der Waals surface area contributed by atoms with Crippen molar-refractivity contribution < 1.29 is 4.79 Å². The number of nitrogens with one attached hydrogen (secondary N) is 2. The number of aromatic nitrogens is 4. The molecule has 25 heavy (non-hydrogen) atoms. The van der Waals surface area contributed by atoms with Gasteiger partial charge in [-0.3, -0.25) is 9.89 Å². The minimum atomic E-state index is -0.139. The lowest BCUT2D eigenvalue weighted by molar-refractivity contribution is 0.102. The topological polar surface area (TPSA) is 75.6 Å². The van der Waals surface area contributed by atoms with E-state index < -0.39 is 0 Å². The summed E-state index contributed by atoms with van der Waals surface area (Å²) in [5.41, 5.74) is 3.23. The Kier molecular flexibility index (Phi) is 3.57. The van der Waals surface area contributed by atoms with Gasteiger partial charge in [0.05, 0.1) is 0 Å². The quantitative estimate of drug-likeness (QED) is 0.603. The van der Waals surface area contributed by atoms with Gasteiger partial charge in [-0.2, -0.15) is 5.10 Å². The largest absolute Gasteiger partial charge is 0.351 e. The van der Waals surface area contributed by atoms with E-state index in [4.69, 9.17) is 0 Å². The van der Waals surface area contributed by atoms with Crippen molar-refractivity contribution in [3.8, 4) is 11.4 Å². The number of aryl methyl sites for hydroxylation is 2. The van der Waals surface area contributed by atoms with Crippen molar-refractivity contribution in [2.45, 2.75) is 6.92 Å². The minimum absolute atomic E-state index is 0.139. The molecule has 0 aliphatic rings. The molecular formula is C19H17N5O. The van der Waals surface area contributed by atoms with Gasteiger partial charge >= 0.3 is 0 Å². The zero-order chi connectivity index (χ0) is 17.4. The maximum Gasteiger partial charge on any atom is 0.256 e. The number of aromatic amines is 1. The number of rotatable bonds is 3. The first-order valence-corrected chi connectivity index (χ1v) is 7.96. The summed E-state index contributed by atoms with van der Waals surface area (Å²) in [6, 6.07) is 15.2. The van der Waals surface area contributed by atoms with Crippen molar-refractivity contribution in [3.05, 3.63) is 66.1 Å². The van der Waals surface area contributed by atoms with E-state index in [0.29, 0.717) is 17.1 Å². The Morgan fingerprint density at radius 2 is 2.00 bits per heavy atom. The highest BCUT2D eigenvalue weighted by Gasteiger charge is 2.12. The van der Waals surface area contributed by atoms with Crippen LogP contribution in [0, 0.1) is 6.92 Å². The van der Waals surface area contributed by atoms with Crippen LogP contribution in [0.2, 0.25) is 0 Å². The van der Waals surface area contributed by atoms with Crippen molar-refractivity contribution in [1.82, 2.24) is 19.7 Å². The molecule has 6 heteroatoms. The number of benzene rings is 2. The van der Waals surface area contributed by atoms with Crippen molar-refractivity contribution in [2.24, 2.45) is 7.05 Å². The van der Waals surface area contributed by atoms with Crippen LogP contribution in [0.5, 0.6) is 0 Å². The van der Waals surface area contributed by atoms with Gasteiger partial charge < -0.3 is 9.88 Å². The van der Waals surface area contributed by atoms with Crippen LogP contribution in [-0.4, -0.2) is 25.7 Å². The Morgan fingerprint density at radius 3 is 2.80 bits per heavy atom. The van der Waals surface area contributed by atoms with Gasteiger partial charge in [0, 0.05) is 41.0 Å². The summed E-state index contributed by atoms with van der Waals surface area (Å²) < 4.78 is 2.00. The molecule has 0 bridgehead atoms. The number of H-pyrrole nitrogens is 1. The summed E-state index contributed by atoms with van der Waals surface area (Å²) in [4.78, 5) is 17.1. The SMILES string of the molecule is Cc1nc(-c2cccc(NC(=O)c3cccc4c3ccn4C)c2)n[nH]1. The minimum Gasteiger partial charge on any atom is -0.351 e. The number of hydrogen-bond acceptors (Lipinski definition) is 3. The molecule has 0 atom stereocenters. The maximum atomic E-state index is 12.7. The molecule has 2 N–H and O–H groups in total. The normalized spacial score (nSPS) is 11.0. The van der Waals surface area contributed by atoms with Crippen molar-refractivity contribution in [1.29, 1.82) is 0 Å². The third-order valence-corrected chi connectivity index (χ3v) is 4.15. The van der Waals surface area contributed by atoms with Gasteiger partial charge in [-0.05, 0) is 37.3 Å². The molecule has 124 valence electrons. The Balaban J connectivity index is 1.64. The summed E-state index contributed by atoms with van der Waals surface area (Å²) in [6.45, 7) is 1.85. The summed E-state index contributed by atoms with van der Waals surface area (Å²) in [6.07, 6.45) is 1.95. The zero-order valence-corrected chi connectivity index (χ0v) is 13.9. The molecule has 0 fully saturated rings. The molecule has 4 aromatic rings. The highest BCUT2D eigenvalue weighted by atomic mass is 16.1. The fraction of sp³-hybridized carbons (Fsp3) is 0.105. The first-order chi connectivity index (χ1) is 12.1. The summed E-state index contributed by atoms with van der Waals surface area (Å²) in [5.74, 6) is 1.22. The molecule has 1 amide bonds.